The molecule has 0 radical (unpaired) electrons. The molecule has 0 aliphatic carbocycles. The molecular formula is C6H4B2Cl4. The minimum absolute atomic E-state index is 0.497. The van der Waals surface area contributed by atoms with E-state index in [1.165, 1.54) is 0 Å². The van der Waals surface area contributed by atoms with Crippen LogP contribution in [-0.4, -0.2) is 11.1 Å². The predicted molar refractivity (Wildman–Crippen MR) is 60.6 cm³/mol. The Morgan fingerprint density at radius 3 is 1.08 bits per heavy atom. The number of rotatable bonds is 2. The largest absolute Gasteiger partial charge is 0.382 e. The molecule has 0 heterocycles. The van der Waals surface area contributed by atoms with Crippen LogP contribution in [0.1, 0.15) is 0 Å². The van der Waals surface area contributed by atoms with Gasteiger partial charge in [-0.25, -0.2) is 0 Å². The van der Waals surface area contributed by atoms with Gasteiger partial charge in [0.1, 0.15) is 0 Å². The molecule has 0 amide bonds. The lowest BCUT2D eigenvalue weighted by atomic mass is 9.86. The van der Waals surface area contributed by atoms with Gasteiger partial charge in [-0.1, -0.05) is 24.3 Å². The van der Waals surface area contributed by atoms with Crippen molar-refractivity contribution < 1.29 is 0 Å². The van der Waals surface area contributed by atoms with Gasteiger partial charge in [-0.15, -0.1) is 0 Å². The van der Waals surface area contributed by atoms with Crippen molar-refractivity contribution in [3.8, 4) is 0 Å². The second-order valence-electron chi connectivity index (χ2n) is 2.27. The topological polar surface area (TPSA) is 0 Å². The third kappa shape index (κ3) is 2.77. The summed E-state index contributed by atoms with van der Waals surface area (Å²) in [5.74, 6) is 0. The summed E-state index contributed by atoms with van der Waals surface area (Å²) in [6.07, 6.45) is 0. The van der Waals surface area contributed by atoms with Crippen molar-refractivity contribution in [2.45, 2.75) is 0 Å². The van der Waals surface area contributed by atoms with E-state index in [4.69, 9.17) is 45.8 Å². The van der Waals surface area contributed by atoms with Crippen LogP contribution in [0.25, 0.3) is 0 Å². The molecule has 62 valence electrons. The maximum Gasteiger partial charge on any atom is 0.382 e. The number of hydrogen-bond acceptors (Lipinski definition) is 0. The van der Waals surface area contributed by atoms with Crippen molar-refractivity contribution in [2.75, 3.05) is 0 Å². The van der Waals surface area contributed by atoms with E-state index in [2.05, 4.69) is 0 Å². The summed E-state index contributed by atoms with van der Waals surface area (Å²) < 4.78 is 0. The molecular weight excluding hydrogens is 236 g/mol. The van der Waals surface area contributed by atoms with E-state index in [-0.39, 0.29) is 0 Å². The maximum atomic E-state index is 5.63. The fourth-order valence-corrected chi connectivity index (χ4v) is 1.37. The van der Waals surface area contributed by atoms with Gasteiger partial charge in [0.15, 0.2) is 0 Å². The van der Waals surface area contributed by atoms with E-state index in [1.54, 1.807) is 24.3 Å². The molecule has 0 spiro atoms. The van der Waals surface area contributed by atoms with Gasteiger partial charge in [0.05, 0.1) is 0 Å². The van der Waals surface area contributed by atoms with Gasteiger partial charge in [0.25, 0.3) is 0 Å². The summed E-state index contributed by atoms with van der Waals surface area (Å²) in [7, 11) is 0. The summed E-state index contributed by atoms with van der Waals surface area (Å²) in [6, 6.07) is 7.21. The Balaban J connectivity index is 2.86. The Hall–Kier alpha value is 0.510. The van der Waals surface area contributed by atoms with Crippen molar-refractivity contribution in [3.63, 3.8) is 0 Å². The van der Waals surface area contributed by atoms with Crippen LogP contribution in [-0.2, 0) is 0 Å². The summed E-state index contributed by atoms with van der Waals surface area (Å²) in [4.78, 5) is 0. The summed E-state index contributed by atoms with van der Waals surface area (Å²) >= 11 is 22.5. The average molecular weight is 240 g/mol. The third-order valence-corrected chi connectivity index (χ3v) is 2.45. The number of halogens is 4. The van der Waals surface area contributed by atoms with E-state index in [0.29, 0.717) is 0 Å². The highest BCUT2D eigenvalue weighted by atomic mass is 35.5. The summed E-state index contributed by atoms with van der Waals surface area (Å²) in [5.41, 5.74) is 0.693. The van der Waals surface area contributed by atoms with Gasteiger partial charge in [0, 0.05) is 0 Å². The standard InChI is InChI=1S/C6H4B2Cl4/c9-7(10)5-1-2-6(4-3-5)8(11)12/h1-4H. The first-order valence-corrected chi connectivity index (χ1v) is 5.02. The lowest BCUT2D eigenvalue weighted by Gasteiger charge is -2.00. The van der Waals surface area contributed by atoms with Gasteiger partial charge in [-0.3, -0.25) is 0 Å². The van der Waals surface area contributed by atoms with E-state index in [0.717, 1.165) is 10.9 Å². The lowest BCUT2D eigenvalue weighted by molar-refractivity contribution is 1.84. The van der Waals surface area contributed by atoms with Crippen LogP contribution in [0.2, 0.25) is 0 Å². The third-order valence-electron chi connectivity index (χ3n) is 1.44. The SMILES string of the molecule is ClB(Cl)c1ccc(B(Cl)Cl)cc1. The zero-order valence-electron chi connectivity index (χ0n) is 5.98. The van der Waals surface area contributed by atoms with Gasteiger partial charge in [0.2, 0.25) is 0 Å². The maximum absolute atomic E-state index is 5.63. The fourth-order valence-electron chi connectivity index (χ4n) is 0.787. The van der Waals surface area contributed by atoms with Crippen molar-refractivity contribution in [3.05, 3.63) is 24.3 Å². The van der Waals surface area contributed by atoms with Crippen LogP contribution in [0.5, 0.6) is 0 Å². The first-order chi connectivity index (χ1) is 5.61. The molecule has 0 N–H and O–H groups in total. The Morgan fingerprint density at radius 1 is 0.667 bits per heavy atom. The van der Waals surface area contributed by atoms with E-state index in [1.807, 2.05) is 0 Å². The number of benzene rings is 1. The smallest absolute Gasteiger partial charge is 0.165 e. The van der Waals surface area contributed by atoms with Crippen LogP contribution in [0, 0.1) is 0 Å². The van der Waals surface area contributed by atoms with Crippen LogP contribution in [0.15, 0.2) is 24.3 Å². The van der Waals surface area contributed by atoms with Crippen molar-refractivity contribution in [1.82, 2.24) is 0 Å². The van der Waals surface area contributed by atoms with Gasteiger partial charge in [-0.2, -0.15) is 45.8 Å². The highest BCUT2D eigenvalue weighted by Crippen LogP contribution is 1.99. The minimum atomic E-state index is -0.497. The molecule has 0 bridgehead atoms. The first-order valence-electron chi connectivity index (χ1n) is 3.27. The molecule has 0 aliphatic rings. The molecule has 12 heavy (non-hydrogen) atoms. The summed E-state index contributed by atoms with van der Waals surface area (Å²) in [5, 5.41) is 0. The highest BCUT2D eigenvalue weighted by molar-refractivity contribution is 7.40. The lowest BCUT2D eigenvalue weighted by Crippen LogP contribution is -2.24. The van der Waals surface area contributed by atoms with Crippen molar-refractivity contribution >= 4 is 67.9 Å². The van der Waals surface area contributed by atoms with E-state index in [9.17, 15) is 0 Å². The van der Waals surface area contributed by atoms with Gasteiger partial charge in [-0.05, 0) is 10.9 Å². The monoisotopic (exact) mass is 238 g/mol. The average Bonchev–Trinajstić information content (AvgIpc) is 2.04. The molecule has 0 saturated heterocycles. The zero-order chi connectivity index (χ0) is 9.14. The minimum Gasteiger partial charge on any atom is -0.165 e. The molecule has 1 rings (SSSR count). The molecule has 0 aliphatic heterocycles. The Morgan fingerprint density at radius 2 is 0.917 bits per heavy atom. The molecule has 6 heteroatoms. The summed E-state index contributed by atoms with van der Waals surface area (Å²) in [6.45, 7) is 0. The molecule has 0 unspecified atom stereocenters. The van der Waals surface area contributed by atoms with E-state index < -0.39 is 11.1 Å². The molecule has 0 aromatic heterocycles. The molecule has 0 nitrogen and oxygen atoms in total. The Labute approximate surface area is 92.0 Å². The zero-order valence-corrected chi connectivity index (χ0v) is 9.00. The molecule has 0 atom stereocenters. The van der Waals surface area contributed by atoms with Gasteiger partial charge >= 0.3 is 11.1 Å². The van der Waals surface area contributed by atoms with E-state index >= 15 is 0 Å². The number of hydrogen-bond donors (Lipinski definition) is 0. The molecule has 1 aromatic rings. The highest BCUT2D eigenvalue weighted by Gasteiger charge is 2.12. The normalized spacial score (nSPS) is 9.67. The molecule has 0 saturated carbocycles. The molecule has 0 fully saturated rings. The van der Waals surface area contributed by atoms with Crippen LogP contribution >= 0.6 is 45.8 Å². The van der Waals surface area contributed by atoms with Crippen LogP contribution in [0.3, 0.4) is 0 Å². The molecule has 1 aromatic carbocycles. The van der Waals surface area contributed by atoms with Crippen LogP contribution in [0.4, 0.5) is 0 Å². The second-order valence-corrected chi connectivity index (χ2v) is 4.46. The van der Waals surface area contributed by atoms with Crippen molar-refractivity contribution in [2.24, 2.45) is 0 Å². The van der Waals surface area contributed by atoms with Gasteiger partial charge < -0.3 is 0 Å². The fraction of sp³-hybridized carbons (Fsp3) is 0. The van der Waals surface area contributed by atoms with Crippen molar-refractivity contribution in [1.29, 1.82) is 0 Å². The quantitative estimate of drug-likeness (QED) is 0.693. The second kappa shape index (κ2) is 4.66. The first kappa shape index (κ1) is 10.6. The van der Waals surface area contributed by atoms with Crippen LogP contribution < -0.4 is 10.9 Å². The predicted octanol–water partition coefficient (Wildman–Crippen LogP) is 2.03. The Kier molecular flexibility index (Phi) is 4.12. The Bertz CT molecular complexity index is 219.